The van der Waals surface area contributed by atoms with Crippen LogP contribution in [0.2, 0.25) is 5.02 Å². The summed E-state index contributed by atoms with van der Waals surface area (Å²) in [6.07, 6.45) is 0. The molecule has 0 atom stereocenters. The molecule has 0 aromatic heterocycles. The Bertz CT molecular complexity index is 426. The van der Waals surface area contributed by atoms with Gasteiger partial charge in [-0.1, -0.05) is 27.5 Å². The summed E-state index contributed by atoms with van der Waals surface area (Å²) in [5.74, 6) is -0.193. The average Bonchev–Trinajstić information content (AvgIpc) is 2.19. The van der Waals surface area contributed by atoms with Crippen molar-refractivity contribution in [1.82, 2.24) is 0 Å². The highest BCUT2D eigenvalue weighted by Gasteiger charge is 2.12. The van der Waals surface area contributed by atoms with Crippen LogP contribution < -0.4 is 5.73 Å². The first-order valence-corrected chi connectivity index (χ1v) is 5.18. The van der Waals surface area contributed by atoms with Gasteiger partial charge in [0.1, 0.15) is 6.07 Å². The molecule has 0 unspecified atom stereocenters. The number of hydrogen-bond donors (Lipinski definition) is 1. The largest absolute Gasteiger partial charge is 0.397 e. The molecule has 0 heterocycles. The summed E-state index contributed by atoms with van der Waals surface area (Å²) in [7, 11) is 0. The summed E-state index contributed by atoms with van der Waals surface area (Å²) < 4.78 is 0. The molecule has 0 radical (unpaired) electrons. The molecule has 0 amide bonds. The molecular weight excluding hydrogens is 267 g/mol. The van der Waals surface area contributed by atoms with E-state index >= 15 is 0 Å². The summed E-state index contributed by atoms with van der Waals surface area (Å²) in [6.45, 7) is 0. The van der Waals surface area contributed by atoms with Crippen LogP contribution in [0.3, 0.4) is 0 Å². The van der Waals surface area contributed by atoms with Crippen molar-refractivity contribution in [2.75, 3.05) is 11.1 Å². The van der Waals surface area contributed by atoms with Gasteiger partial charge in [-0.05, 0) is 12.1 Å². The van der Waals surface area contributed by atoms with E-state index in [0.717, 1.165) is 0 Å². The van der Waals surface area contributed by atoms with Crippen LogP contribution in [0.25, 0.3) is 0 Å². The molecule has 0 fully saturated rings. The fourth-order valence-corrected chi connectivity index (χ4v) is 1.53. The van der Waals surface area contributed by atoms with Gasteiger partial charge in [0.05, 0.1) is 16.6 Å². The Kier molecular flexibility index (Phi) is 3.50. The number of Topliss-reactive ketones (excluding diaryl/α,β-unsaturated/α-hetero) is 1. The normalized spacial score (nSPS) is 9.50. The van der Waals surface area contributed by atoms with Gasteiger partial charge in [0.2, 0.25) is 0 Å². The maximum Gasteiger partial charge on any atom is 0.175 e. The molecule has 3 nitrogen and oxygen atoms in total. The third-order valence-electron chi connectivity index (χ3n) is 1.69. The number of carbonyl (C=O) groups excluding carboxylic acids is 1. The van der Waals surface area contributed by atoms with E-state index in [1.807, 2.05) is 6.07 Å². The van der Waals surface area contributed by atoms with Crippen LogP contribution in [0.1, 0.15) is 15.9 Å². The number of nitrogens with two attached hydrogens (primary N) is 1. The molecule has 0 bridgehead atoms. The van der Waals surface area contributed by atoms with E-state index in [0.29, 0.717) is 5.02 Å². The van der Waals surface area contributed by atoms with E-state index in [4.69, 9.17) is 22.6 Å². The summed E-state index contributed by atoms with van der Waals surface area (Å²) in [4.78, 5) is 11.4. The Morgan fingerprint density at radius 3 is 2.79 bits per heavy atom. The molecule has 1 aromatic carbocycles. The fourth-order valence-electron chi connectivity index (χ4n) is 1.01. The second kappa shape index (κ2) is 4.45. The van der Waals surface area contributed by atoms with Gasteiger partial charge in [0, 0.05) is 10.6 Å². The van der Waals surface area contributed by atoms with Gasteiger partial charge in [-0.3, -0.25) is 4.79 Å². The van der Waals surface area contributed by atoms with E-state index in [9.17, 15) is 4.79 Å². The van der Waals surface area contributed by atoms with Crippen molar-refractivity contribution in [3.8, 4) is 6.07 Å². The fraction of sp³-hybridized carbons (Fsp3) is 0.111. The molecule has 0 spiro atoms. The number of nitrogen functional groups attached to an aromatic ring is 1. The standard InChI is InChI=1S/C9H6BrClN2O/c10-3-8(14)7-2-6(11)1-5(4-12)9(7)13/h1-2H,3,13H2. The third kappa shape index (κ3) is 2.06. The van der Waals surface area contributed by atoms with Crippen molar-refractivity contribution in [3.63, 3.8) is 0 Å². The molecule has 0 saturated heterocycles. The minimum absolute atomic E-state index is 0.155. The van der Waals surface area contributed by atoms with Crippen LogP contribution in [0, 0.1) is 11.3 Å². The lowest BCUT2D eigenvalue weighted by molar-refractivity contribution is 0.102. The molecule has 72 valence electrons. The molecule has 0 aliphatic rings. The molecule has 0 saturated carbocycles. The molecular formula is C9H6BrClN2O. The van der Waals surface area contributed by atoms with Gasteiger partial charge < -0.3 is 5.73 Å². The molecule has 0 aliphatic heterocycles. The van der Waals surface area contributed by atoms with Crippen molar-refractivity contribution >= 4 is 39.0 Å². The number of ketones is 1. The van der Waals surface area contributed by atoms with Gasteiger partial charge >= 0.3 is 0 Å². The van der Waals surface area contributed by atoms with Gasteiger partial charge in [-0.25, -0.2) is 0 Å². The first kappa shape index (κ1) is 11.0. The number of nitriles is 1. The van der Waals surface area contributed by atoms with Crippen molar-refractivity contribution < 1.29 is 4.79 Å². The highest BCUT2D eigenvalue weighted by atomic mass is 79.9. The SMILES string of the molecule is N#Cc1cc(Cl)cc(C(=O)CBr)c1N. The lowest BCUT2D eigenvalue weighted by Gasteiger charge is -2.05. The quantitative estimate of drug-likeness (QED) is 0.511. The van der Waals surface area contributed by atoms with E-state index in [-0.39, 0.29) is 27.9 Å². The number of halogens is 2. The number of carbonyl (C=O) groups is 1. The predicted molar refractivity (Wildman–Crippen MR) is 58.7 cm³/mol. The van der Waals surface area contributed by atoms with Gasteiger partial charge in [-0.2, -0.15) is 5.26 Å². The Hall–Kier alpha value is -1.05. The highest BCUT2D eigenvalue weighted by Crippen LogP contribution is 2.23. The molecule has 1 aromatic rings. The van der Waals surface area contributed by atoms with E-state index in [2.05, 4.69) is 15.9 Å². The number of benzene rings is 1. The van der Waals surface area contributed by atoms with E-state index < -0.39 is 0 Å². The summed E-state index contributed by atoms with van der Waals surface area (Å²) >= 11 is 8.75. The van der Waals surface area contributed by atoms with Gasteiger partial charge in [0.25, 0.3) is 0 Å². The molecule has 1 rings (SSSR count). The molecule has 2 N–H and O–H groups in total. The zero-order valence-electron chi connectivity index (χ0n) is 7.05. The smallest absolute Gasteiger partial charge is 0.175 e. The Labute approximate surface area is 94.6 Å². The van der Waals surface area contributed by atoms with E-state index in [1.54, 1.807) is 0 Å². The van der Waals surface area contributed by atoms with Crippen LogP contribution >= 0.6 is 27.5 Å². The van der Waals surface area contributed by atoms with Crippen LogP contribution in [0.4, 0.5) is 5.69 Å². The maximum atomic E-state index is 11.4. The molecule has 5 heteroatoms. The second-order valence-electron chi connectivity index (χ2n) is 2.58. The first-order valence-electron chi connectivity index (χ1n) is 3.68. The average molecular weight is 274 g/mol. The van der Waals surface area contributed by atoms with Crippen molar-refractivity contribution in [3.05, 3.63) is 28.3 Å². The lowest BCUT2D eigenvalue weighted by atomic mass is 10.1. The molecule has 0 aliphatic carbocycles. The zero-order chi connectivity index (χ0) is 10.7. The van der Waals surface area contributed by atoms with Gasteiger partial charge in [0.15, 0.2) is 5.78 Å². The summed E-state index contributed by atoms with van der Waals surface area (Å²) in [6, 6.07) is 4.77. The topological polar surface area (TPSA) is 66.9 Å². The third-order valence-corrected chi connectivity index (χ3v) is 2.41. The number of hydrogen-bond acceptors (Lipinski definition) is 3. The maximum absolute atomic E-state index is 11.4. The van der Waals surface area contributed by atoms with Crippen LogP contribution in [-0.4, -0.2) is 11.1 Å². The first-order chi connectivity index (χ1) is 6.60. The Morgan fingerprint density at radius 2 is 2.29 bits per heavy atom. The number of nitrogens with zero attached hydrogens (tertiary/aromatic N) is 1. The minimum Gasteiger partial charge on any atom is -0.397 e. The highest BCUT2D eigenvalue weighted by molar-refractivity contribution is 9.09. The van der Waals surface area contributed by atoms with E-state index in [1.165, 1.54) is 12.1 Å². The predicted octanol–water partition coefficient (Wildman–Crippen LogP) is 2.37. The zero-order valence-corrected chi connectivity index (χ0v) is 9.39. The lowest BCUT2D eigenvalue weighted by Crippen LogP contribution is -2.06. The minimum atomic E-state index is -0.193. The summed E-state index contributed by atoms with van der Waals surface area (Å²) in [5, 5.41) is 9.20. The summed E-state index contributed by atoms with van der Waals surface area (Å²) in [5.41, 5.74) is 6.31. The number of rotatable bonds is 2. The monoisotopic (exact) mass is 272 g/mol. The van der Waals surface area contributed by atoms with Crippen LogP contribution in [-0.2, 0) is 0 Å². The Balaban J connectivity index is 3.38. The van der Waals surface area contributed by atoms with Crippen LogP contribution in [0.15, 0.2) is 12.1 Å². The molecule has 14 heavy (non-hydrogen) atoms. The van der Waals surface area contributed by atoms with Crippen molar-refractivity contribution in [1.29, 1.82) is 5.26 Å². The number of anilines is 1. The Morgan fingerprint density at radius 1 is 1.64 bits per heavy atom. The number of alkyl halides is 1. The van der Waals surface area contributed by atoms with Crippen molar-refractivity contribution in [2.24, 2.45) is 0 Å². The van der Waals surface area contributed by atoms with Gasteiger partial charge in [-0.15, -0.1) is 0 Å². The second-order valence-corrected chi connectivity index (χ2v) is 3.58. The van der Waals surface area contributed by atoms with Crippen LogP contribution in [0.5, 0.6) is 0 Å². The van der Waals surface area contributed by atoms with Crippen molar-refractivity contribution in [2.45, 2.75) is 0 Å².